The smallest absolute Gasteiger partial charge is 0.161 e. The second-order valence-electron chi connectivity index (χ2n) is 4.61. The number of hydrogen-bond acceptors (Lipinski definition) is 5. The largest absolute Gasteiger partial charge is 0.369 e. The molecule has 1 aliphatic heterocycles. The van der Waals surface area contributed by atoms with Crippen LogP contribution in [0.3, 0.4) is 0 Å². The van der Waals surface area contributed by atoms with Crippen LogP contribution in [0.25, 0.3) is 0 Å². The molecule has 2 rings (SSSR count). The molecular formula is C13H21BrN4O. The SMILES string of the molecule is CCNc1nc(C2CN(CC)CCO2)nc(C)c1Br. The average molecular weight is 329 g/mol. The summed E-state index contributed by atoms with van der Waals surface area (Å²) in [6.07, 6.45) is -0.0297. The van der Waals surface area contributed by atoms with E-state index in [1.165, 1.54) is 0 Å². The van der Waals surface area contributed by atoms with Crippen LogP contribution in [-0.4, -0.2) is 47.7 Å². The molecule has 1 N–H and O–H groups in total. The highest BCUT2D eigenvalue weighted by Gasteiger charge is 2.24. The third-order valence-electron chi connectivity index (χ3n) is 3.26. The van der Waals surface area contributed by atoms with Gasteiger partial charge in [-0.15, -0.1) is 0 Å². The summed E-state index contributed by atoms with van der Waals surface area (Å²) >= 11 is 3.53. The van der Waals surface area contributed by atoms with Crippen molar-refractivity contribution in [3.8, 4) is 0 Å². The lowest BCUT2D eigenvalue weighted by Gasteiger charge is -2.31. The van der Waals surface area contributed by atoms with Crippen LogP contribution in [0.4, 0.5) is 5.82 Å². The van der Waals surface area contributed by atoms with Crippen molar-refractivity contribution in [3.63, 3.8) is 0 Å². The predicted molar refractivity (Wildman–Crippen MR) is 79.4 cm³/mol. The Morgan fingerprint density at radius 1 is 1.42 bits per heavy atom. The van der Waals surface area contributed by atoms with Gasteiger partial charge in [-0.2, -0.15) is 0 Å². The van der Waals surface area contributed by atoms with Crippen LogP contribution >= 0.6 is 15.9 Å². The zero-order valence-electron chi connectivity index (χ0n) is 11.7. The van der Waals surface area contributed by atoms with E-state index >= 15 is 0 Å². The first kappa shape index (κ1) is 14.7. The maximum atomic E-state index is 5.81. The van der Waals surface area contributed by atoms with Gasteiger partial charge in [-0.05, 0) is 36.3 Å². The fourth-order valence-corrected chi connectivity index (χ4v) is 2.47. The number of nitrogens with one attached hydrogen (secondary N) is 1. The van der Waals surface area contributed by atoms with Gasteiger partial charge in [0.1, 0.15) is 11.9 Å². The molecule has 0 bridgehead atoms. The zero-order valence-corrected chi connectivity index (χ0v) is 13.3. The first-order valence-electron chi connectivity index (χ1n) is 6.77. The Bertz CT molecular complexity index is 441. The van der Waals surface area contributed by atoms with E-state index in [-0.39, 0.29) is 6.10 Å². The summed E-state index contributed by atoms with van der Waals surface area (Å²) in [5.74, 6) is 1.62. The van der Waals surface area contributed by atoms with Gasteiger partial charge in [-0.1, -0.05) is 6.92 Å². The highest BCUT2D eigenvalue weighted by Crippen LogP contribution is 2.27. The number of anilines is 1. The van der Waals surface area contributed by atoms with Gasteiger partial charge in [-0.3, -0.25) is 4.90 Å². The molecule has 19 heavy (non-hydrogen) atoms. The number of aromatic nitrogens is 2. The maximum Gasteiger partial charge on any atom is 0.161 e. The molecule has 1 aliphatic rings. The van der Waals surface area contributed by atoms with Crippen LogP contribution < -0.4 is 5.32 Å². The summed E-state index contributed by atoms with van der Waals surface area (Å²) in [7, 11) is 0. The lowest BCUT2D eigenvalue weighted by Crippen LogP contribution is -2.38. The molecule has 0 spiro atoms. The van der Waals surface area contributed by atoms with Crippen LogP contribution in [0.2, 0.25) is 0 Å². The van der Waals surface area contributed by atoms with Crippen LogP contribution in [-0.2, 0) is 4.74 Å². The molecule has 1 saturated heterocycles. The van der Waals surface area contributed by atoms with E-state index in [1.54, 1.807) is 0 Å². The summed E-state index contributed by atoms with van der Waals surface area (Å²) in [6.45, 7) is 10.7. The lowest BCUT2D eigenvalue weighted by molar-refractivity contribution is -0.0326. The molecular weight excluding hydrogens is 308 g/mol. The Morgan fingerprint density at radius 2 is 2.21 bits per heavy atom. The fourth-order valence-electron chi connectivity index (χ4n) is 2.16. The van der Waals surface area contributed by atoms with Gasteiger partial charge in [0, 0.05) is 19.6 Å². The van der Waals surface area contributed by atoms with E-state index in [9.17, 15) is 0 Å². The van der Waals surface area contributed by atoms with Gasteiger partial charge < -0.3 is 10.1 Å². The fraction of sp³-hybridized carbons (Fsp3) is 0.692. The first-order valence-corrected chi connectivity index (χ1v) is 7.56. The third kappa shape index (κ3) is 3.43. The molecule has 1 aromatic rings. The molecule has 1 aromatic heterocycles. The number of likely N-dealkylation sites (N-methyl/N-ethyl adjacent to an activating group) is 1. The number of aryl methyl sites for hydroxylation is 1. The third-order valence-corrected chi connectivity index (χ3v) is 4.21. The molecule has 0 saturated carbocycles. The summed E-state index contributed by atoms with van der Waals surface area (Å²) in [5, 5.41) is 3.25. The summed E-state index contributed by atoms with van der Waals surface area (Å²) in [4.78, 5) is 11.5. The normalized spacial score (nSPS) is 20.5. The number of nitrogens with zero attached hydrogens (tertiary/aromatic N) is 3. The minimum absolute atomic E-state index is 0.0297. The molecule has 106 valence electrons. The van der Waals surface area contributed by atoms with Crippen molar-refractivity contribution >= 4 is 21.7 Å². The van der Waals surface area contributed by atoms with Crippen LogP contribution in [0.15, 0.2) is 4.47 Å². The van der Waals surface area contributed by atoms with Gasteiger partial charge in [0.2, 0.25) is 0 Å². The molecule has 0 aromatic carbocycles. The number of rotatable bonds is 4. The summed E-state index contributed by atoms with van der Waals surface area (Å²) in [6, 6.07) is 0. The highest BCUT2D eigenvalue weighted by molar-refractivity contribution is 9.10. The molecule has 5 nitrogen and oxygen atoms in total. The van der Waals surface area contributed by atoms with Crippen LogP contribution in [0.5, 0.6) is 0 Å². The van der Waals surface area contributed by atoms with Gasteiger partial charge in [-0.25, -0.2) is 9.97 Å². The Balaban J connectivity index is 2.24. The predicted octanol–water partition coefficient (Wildman–Crippen LogP) is 2.37. The van der Waals surface area contributed by atoms with Gasteiger partial charge in [0.15, 0.2) is 5.82 Å². The molecule has 0 amide bonds. The maximum absolute atomic E-state index is 5.81. The first-order chi connectivity index (χ1) is 9.15. The van der Waals surface area contributed by atoms with E-state index < -0.39 is 0 Å². The molecule has 2 heterocycles. The molecule has 1 fully saturated rings. The van der Waals surface area contributed by atoms with Crippen molar-refractivity contribution in [2.45, 2.75) is 26.9 Å². The van der Waals surface area contributed by atoms with Crippen LogP contribution in [0, 0.1) is 6.92 Å². The van der Waals surface area contributed by atoms with E-state index in [2.05, 4.69) is 50.0 Å². The van der Waals surface area contributed by atoms with Gasteiger partial charge >= 0.3 is 0 Å². The van der Waals surface area contributed by atoms with Crippen molar-refractivity contribution < 1.29 is 4.74 Å². The Morgan fingerprint density at radius 3 is 2.89 bits per heavy atom. The van der Waals surface area contributed by atoms with Crippen molar-refractivity contribution in [1.82, 2.24) is 14.9 Å². The molecule has 6 heteroatoms. The standard InChI is InChI=1S/C13H21BrN4O/c1-4-15-13-11(14)9(3)16-12(17-13)10-8-18(5-2)6-7-19-10/h10H,4-8H2,1-3H3,(H,15,16,17). The zero-order chi connectivity index (χ0) is 13.8. The van der Waals surface area contributed by atoms with Crippen molar-refractivity contribution in [1.29, 1.82) is 0 Å². The minimum Gasteiger partial charge on any atom is -0.369 e. The second-order valence-corrected chi connectivity index (χ2v) is 5.41. The van der Waals surface area contributed by atoms with Crippen molar-refractivity contribution in [2.24, 2.45) is 0 Å². The van der Waals surface area contributed by atoms with E-state index in [0.29, 0.717) is 0 Å². The van der Waals surface area contributed by atoms with Gasteiger partial charge in [0.25, 0.3) is 0 Å². The van der Waals surface area contributed by atoms with Gasteiger partial charge in [0.05, 0.1) is 16.8 Å². The highest BCUT2D eigenvalue weighted by atomic mass is 79.9. The topological polar surface area (TPSA) is 50.3 Å². The molecule has 1 atom stereocenters. The molecule has 1 unspecified atom stereocenters. The number of hydrogen-bond donors (Lipinski definition) is 1. The lowest BCUT2D eigenvalue weighted by atomic mass is 10.2. The Hall–Kier alpha value is -0.720. The summed E-state index contributed by atoms with van der Waals surface area (Å²) < 4.78 is 6.75. The Kier molecular flexibility index (Phi) is 5.13. The Labute approximate surface area is 122 Å². The van der Waals surface area contributed by atoms with E-state index in [0.717, 1.165) is 54.6 Å². The molecule has 0 radical (unpaired) electrons. The van der Waals surface area contributed by atoms with Crippen molar-refractivity contribution in [2.75, 3.05) is 38.1 Å². The minimum atomic E-state index is -0.0297. The average Bonchev–Trinajstić information content (AvgIpc) is 2.44. The monoisotopic (exact) mass is 328 g/mol. The van der Waals surface area contributed by atoms with E-state index in [1.807, 2.05) is 6.92 Å². The number of morpholine rings is 1. The van der Waals surface area contributed by atoms with Crippen LogP contribution in [0.1, 0.15) is 31.5 Å². The molecule has 0 aliphatic carbocycles. The van der Waals surface area contributed by atoms with E-state index in [4.69, 9.17) is 4.74 Å². The quantitative estimate of drug-likeness (QED) is 0.919. The summed E-state index contributed by atoms with van der Waals surface area (Å²) in [5.41, 5.74) is 0.943. The van der Waals surface area contributed by atoms with Crippen molar-refractivity contribution in [3.05, 3.63) is 16.0 Å². The second kappa shape index (κ2) is 6.63. The number of ether oxygens (including phenoxy) is 1. The number of halogens is 1.